The van der Waals surface area contributed by atoms with Crippen LogP contribution in [-0.4, -0.2) is 19.6 Å². The molecule has 1 aromatic carbocycles. The minimum atomic E-state index is -2.84. The van der Waals surface area contributed by atoms with Gasteiger partial charge >= 0.3 is 6.61 Å². The van der Waals surface area contributed by atoms with Gasteiger partial charge in [-0.25, -0.2) is 0 Å². The summed E-state index contributed by atoms with van der Waals surface area (Å²) >= 11 is 1.72. The number of ether oxygens (including phenoxy) is 1. The molecule has 0 aliphatic rings. The topological polar surface area (TPSA) is 45.7 Å². The molecule has 0 saturated heterocycles. The SMILES string of the molecule is CN=C(NCc1ccc(C)s1)NCc1ccccc1OC(F)F. The summed E-state index contributed by atoms with van der Waals surface area (Å²) < 4.78 is 29.3. The molecule has 124 valence electrons. The summed E-state index contributed by atoms with van der Waals surface area (Å²) in [4.78, 5) is 6.58. The van der Waals surface area contributed by atoms with Crippen LogP contribution in [0.3, 0.4) is 0 Å². The van der Waals surface area contributed by atoms with E-state index in [1.54, 1.807) is 36.6 Å². The summed E-state index contributed by atoms with van der Waals surface area (Å²) in [5.74, 6) is 0.766. The Hall–Kier alpha value is -2.15. The molecule has 0 radical (unpaired) electrons. The highest BCUT2D eigenvalue weighted by Crippen LogP contribution is 2.20. The normalized spacial score (nSPS) is 11.6. The Balaban J connectivity index is 1.90. The zero-order chi connectivity index (χ0) is 16.7. The molecule has 0 fully saturated rings. The van der Waals surface area contributed by atoms with Crippen LogP contribution < -0.4 is 15.4 Å². The molecule has 0 aliphatic heterocycles. The number of hydrogen-bond donors (Lipinski definition) is 2. The molecule has 7 heteroatoms. The number of hydrogen-bond acceptors (Lipinski definition) is 3. The Kier molecular flexibility index (Phi) is 6.34. The van der Waals surface area contributed by atoms with E-state index in [0.717, 1.165) is 0 Å². The lowest BCUT2D eigenvalue weighted by Gasteiger charge is -2.14. The number of rotatable bonds is 6. The van der Waals surface area contributed by atoms with Crippen molar-refractivity contribution in [2.45, 2.75) is 26.6 Å². The standard InChI is InChI=1S/C16H19F2N3OS/c1-11-7-8-13(23-11)10-21-16(19-2)20-9-12-5-3-4-6-14(12)22-15(17)18/h3-8,15H,9-10H2,1-2H3,(H2,19,20,21). The van der Waals surface area contributed by atoms with E-state index in [4.69, 9.17) is 0 Å². The molecule has 0 saturated carbocycles. The molecular weight excluding hydrogens is 320 g/mol. The largest absolute Gasteiger partial charge is 0.434 e. The van der Waals surface area contributed by atoms with E-state index in [1.807, 2.05) is 0 Å². The number of aliphatic imine (C=N–C) groups is 1. The van der Waals surface area contributed by atoms with Crippen LogP contribution in [0, 0.1) is 6.92 Å². The van der Waals surface area contributed by atoms with Crippen LogP contribution in [0.4, 0.5) is 8.78 Å². The second kappa shape index (κ2) is 8.47. The number of thiophene rings is 1. The predicted octanol–water partition coefficient (Wildman–Crippen LogP) is 3.52. The molecule has 0 aliphatic carbocycles. The van der Waals surface area contributed by atoms with E-state index in [1.165, 1.54) is 15.8 Å². The average Bonchev–Trinajstić information content (AvgIpc) is 2.94. The van der Waals surface area contributed by atoms with Gasteiger partial charge in [0.15, 0.2) is 5.96 Å². The second-order valence-electron chi connectivity index (χ2n) is 4.78. The molecule has 23 heavy (non-hydrogen) atoms. The first kappa shape index (κ1) is 17.2. The molecule has 0 spiro atoms. The molecule has 1 heterocycles. The summed E-state index contributed by atoms with van der Waals surface area (Å²) in [6.07, 6.45) is 0. The van der Waals surface area contributed by atoms with E-state index in [0.29, 0.717) is 24.6 Å². The van der Waals surface area contributed by atoms with Crippen LogP contribution in [0.1, 0.15) is 15.3 Å². The molecule has 0 atom stereocenters. The van der Waals surface area contributed by atoms with Crippen LogP contribution in [0.5, 0.6) is 5.75 Å². The number of halogens is 2. The number of benzene rings is 1. The second-order valence-corrected chi connectivity index (χ2v) is 6.15. The summed E-state index contributed by atoms with van der Waals surface area (Å²) in [6, 6.07) is 10.8. The average molecular weight is 339 g/mol. The van der Waals surface area contributed by atoms with Gasteiger partial charge in [0.25, 0.3) is 0 Å². The first-order valence-corrected chi connectivity index (χ1v) is 7.92. The highest BCUT2D eigenvalue weighted by atomic mass is 32.1. The van der Waals surface area contributed by atoms with Crippen molar-refractivity contribution in [1.82, 2.24) is 10.6 Å². The van der Waals surface area contributed by atoms with E-state index in [2.05, 4.69) is 39.4 Å². The minimum Gasteiger partial charge on any atom is -0.434 e. The van der Waals surface area contributed by atoms with Gasteiger partial charge in [-0.1, -0.05) is 18.2 Å². The van der Waals surface area contributed by atoms with Gasteiger partial charge in [0, 0.05) is 28.9 Å². The summed E-state index contributed by atoms with van der Waals surface area (Å²) in [6.45, 7) is 0.219. The lowest BCUT2D eigenvalue weighted by molar-refractivity contribution is -0.0504. The van der Waals surface area contributed by atoms with Gasteiger partial charge in [0.1, 0.15) is 5.75 Å². The van der Waals surface area contributed by atoms with Crippen LogP contribution in [-0.2, 0) is 13.1 Å². The third-order valence-electron chi connectivity index (χ3n) is 3.08. The predicted molar refractivity (Wildman–Crippen MR) is 89.2 cm³/mol. The zero-order valence-corrected chi connectivity index (χ0v) is 13.8. The van der Waals surface area contributed by atoms with Gasteiger partial charge in [-0.3, -0.25) is 4.99 Å². The van der Waals surface area contributed by atoms with Crippen molar-refractivity contribution in [2.75, 3.05) is 7.05 Å². The maximum Gasteiger partial charge on any atom is 0.387 e. The Morgan fingerprint density at radius 3 is 2.57 bits per heavy atom. The van der Waals surface area contributed by atoms with Crippen LogP contribution in [0.2, 0.25) is 0 Å². The maximum atomic E-state index is 12.4. The summed E-state index contributed by atoms with van der Waals surface area (Å²) in [7, 11) is 1.66. The fourth-order valence-corrected chi connectivity index (χ4v) is 2.84. The molecule has 2 rings (SSSR count). The molecule has 0 unspecified atom stereocenters. The first-order chi connectivity index (χ1) is 11.1. The zero-order valence-electron chi connectivity index (χ0n) is 13.0. The van der Waals surface area contributed by atoms with Gasteiger partial charge in [-0.05, 0) is 25.1 Å². The highest BCUT2D eigenvalue weighted by Gasteiger charge is 2.09. The van der Waals surface area contributed by atoms with Crippen LogP contribution in [0.15, 0.2) is 41.4 Å². The smallest absolute Gasteiger partial charge is 0.387 e. The fourth-order valence-electron chi connectivity index (χ4n) is 2.01. The van der Waals surface area contributed by atoms with E-state index in [-0.39, 0.29) is 5.75 Å². The van der Waals surface area contributed by atoms with Gasteiger partial charge in [-0.2, -0.15) is 8.78 Å². The molecular formula is C16H19F2N3OS. The molecule has 0 bridgehead atoms. The Labute approximate surface area is 138 Å². The van der Waals surface area contributed by atoms with Crippen molar-refractivity contribution < 1.29 is 13.5 Å². The van der Waals surface area contributed by atoms with Crippen LogP contribution in [0.25, 0.3) is 0 Å². The Morgan fingerprint density at radius 1 is 1.17 bits per heavy atom. The fraction of sp³-hybridized carbons (Fsp3) is 0.312. The van der Waals surface area contributed by atoms with E-state index < -0.39 is 6.61 Å². The summed E-state index contributed by atoms with van der Waals surface area (Å²) in [5.41, 5.74) is 0.641. The highest BCUT2D eigenvalue weighted by molar-refractivity contribution is 7.11. The number of aryl methyl sites for hydroxylation is 1. The van der Waals surface area contributed by atoms with Gasteiger partial charge in [0.05, 0.1) is 6.54 Å². The minimum absolute atomic E-state index is 0.166. The molecule has 4 nitrogen and oxygen atoms in total. The maximum absolute atomic E-state index is 12.4. The lowest BCUT2D eigenvalue weighted by atomic mass is 10.2. The van der Waals surface area contributed by atoms with Crippen molar-refractivity contribution >= 4 is 17.3 Å². The monoisotopic (exact) mass is 339 g/mol. The van der Waals surface area contributed by atoms with E-state index in [9.17, 15) is 8.78 Å². The summed E-state index contributed by atoms with van der Waals surface area (Å²) in [5, 5.41) is 6.28. The molecule has 0 amide bonds. The molecule has 2 aromatic rings. The third-order valence-corrected chi connectivity index (χ3v) is 4.09. The lowest BCUT2D eigenvalue weighted by Crippen LogP contribution is -2.36. The van der Waals surface area contributed by atoms with Gasteiger partial charge in [-0.15, -0.1) is 11.3 Å². The van der Waals surface area contributed by atoms with Gasteiger partial charge in [0.2, 0.25) is 0 Å². The number of nitrogens with zero attached hydrogens (tertiary/aromatic N) is 1. The number of alkyl halides is 2. The number of nitrogens with one attached hydrogen (secondary N) is 2. The van der Waals surface area contributed by atoms with Crippen LogP contribution >= 0.6 is 11.3 Å². The third kappa shape index (κ3) is 5.52. The van der Waals surface area contributed by atoms with Crippen molar-refractivity contribution in [3.63, 3.8) is 0 Å². The quantitative estimate of drug-likeness (QED) is 0.625. The molecule has 1 aromatic heterocycles. The Bertz CT molecular complexity index is 658. The Morgan fingerprint density at radius 2 is 1.91 bits per heavy atom. The van der Waals surface area contributed by atoms with E-state index >= 15 is 0 Å². The van der Waals surface area contributed by atoms with Crippen molar-refractivity contribution in [2.24, 2.45) is 4.99 Å². The number of guanidine groups is 1. The van der Waals surface area contributed by atoms with Crippen molar-refractivity contribution in [1.29, 1.82) is 0 Å². The molecule has 2 N–H and O–H groups in total. The van der Waals surface area contributed by atoms with Crippen molar-refractivity contribution in [3.8, 4) is 5.75 Å². The van der Waals surface area contributed by atoms with Crippen molar-refractivity contribution in [3.05, 3.63) is 51.7 Å². The number of para-hydroxylation sites is 1. The first-order valence-electron chi connectivity index (χ1n) is 7.11. The van der Waals surface area contributed by atoms with Gasteiger partial charge < -0.3 is 15.4 Å².